The summed E-state index contributed by atoms with van der Waals surface area (Å²) in [7, 11) is 0. The van der Waals surface area contributed by atoms with Gasteiger partial charge < -0.3 is 0 Å². The molecule has 0 heterocycles. The molecule has 82 valence electrons. The third kappa shape index (κ3) is 2.21. The Bertz CT molecular complexity index is 355. The summed E-state index contributed by atoms with van der Waals surface area (Å²) in [5.74, 6) is 0.493. The molecule has 0 unspecified atom stereocenters. The Labute approximate surface area is 103 Å². The Kier molecular flexibility index (Phi) is 3.36. The average molecular weight is 292 g/mol. The van der Waals surface area contributed by atoms with Crippen LogP contribution in [0.1, 0.15) is 24.8 Å². The average Bonchev–Trinajstić information content (AvgIpc) is 2.18. The Morgan fingerprint density at radius 1 is 1.40 bits per heavy atom. The Morgan fingerprint density at radius 3 is 2.67 bits per heavy atom. The molecule has 1 aromatic carbocycles. The highest BCUT2D eigenvalue weighted by Crippen LogP contribution is 2.45. The largest absolute Gasteiger partial charge is 0.206 e. The summed E-state index contributed by atoms with van der Waals surface area (Å²) < 4.78 is 13.9. The molecule has 0 nitrogen and oxygen atoms in total. The molecule has 1 fully saturated rings. The molecule has 1 aromatic rings. The maximum atomic E-state index is 13.3. The van der Waals surface area contributed by atoms with Crippen molar-refractivity contribution >= 4 is 27.5 Å². The molecular weight excluding hydrogens is 278 g/mol. The van der Waals surface area contributed by atoms with Gasteiger partial charge in [0.05, 0.1) is 4.47 Å². The SMILES string of the molecule is Fc1cccc(CC2(CCl)CCC2)c1Br. The monoisotopic (exact) mass is 290 g/mol. The summed E-state index contributed by atoms with van der Waals surface area (Å²) in [5.41, 5.74) is 1.26. The van der Waals surface area contributed by atoms with Crippen molar-refractivity contribution in [2.45, 2.75) is 25.7 Å². The van der Waals surface area contributed by atoms with Gasteiger partial charge in [0.1, 0.15) is 5.82 Å². The van der Waals surface area contributed by atoms with E-state index >= 15 is 0 Å². The first-order chi connectivity index (χ1) is 7.17. The van der Waals surface area contributed by atoms with Crippen LogP contribution in [0.5, 0.6) is 0 Å². The summed E-state index contributed by atoms with van der Waals surface area (Å²) in [6.07, 6.45) is 4.47. The quantitative estimate of drug-likeness (QED) is 0.717. The van der Waals surface area contributed by atoms with Gasteiger partial charge in [-0.3, -0.25) is 0 Å². The first kappa shape index (κ1) is 11.4. The predicted molar refractivity (Wildman–Crippen MR) is 64.8 cm³/mol. The van der Waals surface area contributed by atoms with E-state index in [2.05, 4.69) is 15.9 Å². The van der Waals surface area contributed by atoms with E-state index in [1.54, 1.807) is 6.07 Å². The molecule has 0 amide bonds. The van der Waals surface area contributed by atoms with Crippen LogP contribution >= 0.6 is 27.5 Å². The van der Waals surface area contributed by atoms with Gasteiger partial charge in [0.2, 0.25) is 0 Å². The summed E-state index contributed by atoms with van der Waals surface area (Å²) in [5, 5.41) is 0. The van der Waals surface area contributed by atoms with Crippen LogP contribution in [0.3, 0.4) is 0 Å². The number of hydrogen-bond donors (Lipinski definition) is 0. The number of rotatable bonds is 3. The smallest absolute Gasteiger partial charge is 0.137 e. The second-order valence-electron chi connectivity index (χ2n) is 4.38. The van der Waals surface area contributed by atoms with Gasteiger partial charge in [0.15, 0.2) is 0 Å². The van der Waals surface area contributed by atoms with Crippen molar-refractivity contribution in [3.05, 3.63) is 34.1 Å². The van der Waals surface area contributed by atoms with Crippen LogP contribution in [-0.2, 0) is 6.42 Å². The van der Waals surface area contributed by atoms with Crippen LogP contribution in [0.25, 0.3) is 0 Å². The van der Waals surface area contributed by atoms with Crippen molar-refractivity contribution in [3.8, 4) is 0 Å². The van der Waals surface area contributed by atoms with Crippen LogP contribution in [0.4, 0.5) is 4.39 Å². The highest BCUT2D eigenvalue weighted by molar-refractivity contribution is 9.10. The van der Waals surface area contributed by atoms with Crippen molar-refractivity contribution in [3.63, 3.8) is 0 Å². The van der Waals surface area contributed by atoms with Gasteiger partial charge in [0, 0.05) is 5.88 Å². The molecule has 2 rings (SSSR count). The van der Waals surface area contributed by atoms with E-state index in [-0.39, 0.29) is 11.2 Å². The molecule has 3 heteroatoms. The molecule has 0 N–H and O–H groups in total. The number of halogens is 3. The van der Waals surface area contributed by atoms with Crippen LogP contribution in [0.15, 0.2) is 22.7 Å². The molecule has 0 bridgehead atoms. The molecule has 0 saturated heterocycles. The van der Waals surface area contributed by atoms with E-state index in [1.165, 1.54) is 25.3 Å². The molecule has 1 aliphatic rings. The van der Waals surface area contributed by atoms with Crippen molar-refractivity contribution in [1.29, 1.82) is 0 Å². The van der Waals surface area contributed by atoms with Crippen molar-refractivity contribution in [2.24, 2.45) is 5.41 Å². The minimum Gasteiger partial charge on any atom is -0.206 e. The zero-order valence-electron chi connectivity index (χ0n) is 8.40. The molecule has 0 aromatic heterocycles. The minimum absolute atomic E-state index is 0.184. The zero-order chi connectivity index (χ0) is 10.9. The van der Waals surface area contributed by atoms with Gasteiger partial charge in [-0.05, 0) is 52.2 Å². The van der Waals surface area contributed by atoms with Gasteiger partial charge in [-0.15, -0.1) is 11.6 Å². The molecular formula is C12H13BrClF. The third-order valence-corrected chi connectivity index (χ3v) is 4.75. The Morgan fingerprint density at radius 2 is 2.13 bits per heavy atom. The molecule has 1 aliphatic carbocycles. The lowest BCUT2D eigenvalue weighted by atomic mass is 9.67. The first-order valence-corrected chi connectivity index (χ1v) is 6.48. The first-order valence-electron chi connectivity index (χ1n) is 5.16. The number of benzene rings is 1. The van der Waals surface area contributed by atoms with Crippen LogP contribution in [0, 0.1) is 11.2 Å². The van der Waals surface area contributed by atoms with E-state index in [1.807, 2.05) is 6.07 Å². The van der Waals surface area contributed by atoms with Gasteiger partial charge in [-0.1, -0.05) is 18.6 Å². The third-order valence-electron chi connectivity index (χ3n) is 3.29. The minimum atomic E-state index is -0.184. The second-order valence-corrected chi connectivity index (χ2v) is 5.44. The van der Waals surface area contributed by atoms with Crippen molar-refractivity contribution in [1.82, 2.24) is 0 Å². The maximum Gasteiger partial charge on any atom is 0.137 e. The number of alkyl halides is 1. The lowest BCUT2D eigenvalue weighted by Crippen LogP contribution is -2.33. The van der Waals surface area contributed by atoms with Gasteiger partial charge in [0.25, 0.3) is 0 Å². The molecule has 0 spiro atoms. The van der Waals surface area contributed by atoms with E-state index in [0.29, 0.717) is 10.4 Å². The molecule has 0 aliphatic heterocycles. The Balaban J connectivity index is 2.20. The highest BCUT2D eigenvalue weighted by Gasteiger charge is 2.36. The lowest BCUT2D eigenvalue weighted by molar-refractivity contribution is 0.165. The van der Waals surface area contributed by atoms with E-state index in [0.717, 1.165) is 12.0 Å². The van der Waals surface area contributed by atoms with E-state index in [9.17, 15) is 4.39 Å². The lowest BCUT2D eigenvalue weighted by Gasteiger charge is -2.40. The molecule has 15 heavy (non-hydrogen) atoms. The standard InChI is InChI=1S/C12H13BrClF/c13-11-9(3-1-4-10(11)15)7-12(8-14)5-2-6-12/h1,3-4H,2,5-8H2. The van der Waals surface area contributed by atoms with Gasteiger partial charge in [-0.2, -0.15) is 0 Å². The predicted octanol–water partition coefficient (Wildman–Crippen LogP) is 4.54. The topological polar surface area (TPSA) is 0 Å². The summed E-state index contributed by atoms with van der Waals surface area (Å²) >= 11 is 9.29. The van der Waals surface area contributed by atoms with Crippen molar-refractivity contribution < 1.29 is 4.39 Å². The highest BCUT2D eigenvalue weighted by atomic mass is 79.9. The van der Waals surface area contributed by atoms with Crippen LogP contribution in [0.2, 0.25) is 0 Å². The van der Waals surface area contributed by atoms with Crippen LogP contribution in [-0.4, -0.2) is 5.88 Å². The second kappa shape index (κ2) is 4.42. The number of hydrogen-bond acceptors (Lipinski definition) is 0. The molecule has 0 radical (unpaired) electrons. The van der Waals surface area contributed by atoms with Crippen molar-refractivity contribution in [2.75, 3.05) is 5.88 Å². The molecule has 1 saturated carbocycles. The zero-order valence-corrected chi connectivity index (χ0v) is 10.7. The van der Waals surface area contributed by atoms with Gasteiger partial charge in [-0.25, -0.2) is 4.39 Å². The van der Waals surface area contributed by atoms with E-state index < -0.39 is 0 Å². The fourth-order valence-corrected chi connectivity index (χ4v) is 2.89. The fraction of sp³-hybridized carbons (Fsp3) is 0.500. The summed E-state index contributed by atoms with van der Waals surface area (Å²) in [4.78, 5) is 0. The van der Waals surface area contributed by atoms with Gasteiger partial charge >= 0.3 is 0 Å². The summed E-state index contributed by atoms with van der Waals surface area (Å²) in [6, 6.07) is 5.21. The maximum absolute atomic E-state index is 13.3. The Hall–Kier alpha value is -0.0800. The normalized spacial score (nSPS) is 18.6. The fourth-order valence-electron chi connectivity index (χ4n) is 2.12. The molecule has 0 atom stereocenters. The van der Waals surface area contributed by atoms with Crippen LogP contribution < -0.4 is 0 Å². The summed E-state index contributed by atoms with van der Waals surface area (Å²) in [6.45, 7) is 0. The van der Waals surface area contributed by atoms with E-state index in [4.69, 9.17) is 11.6 Å².